The minimum Gasteiger partial charge on any atom is -0.448 e. The van der Waals surface area contributed by atoms with Gasteiger partial charge in [-0.25, -0.2) is 0 Å². The number of hydrogen-bond acceptors (Lipinski definition) is 3. The number of nitriles is 1. The summed E-state index contributed by atoms with van der Waals surface area (Å²) in [7, 11) is 0. The zero-order valence-electron chi connectivity index (χ0n) is 9.85. The Labute approximate surface area is 101 Å². The third kappa shape index (κ3) is 2.68. The molecule has 90 valence electrons. The molecule has 2 rings (SSSR count). The van der Waals surface area contributed by atoms with Crippen LogP contribution in [-0.4, -0.2) is 11.9 Å². The van der Waals surface area contributed by atoms with Crippen molar-refractivity contribution in [2.45, 2.75) is 44.6 Å². The van der Waals surface area contributed by atoms with Crippen molar-refractivity contribution in [1.29, 1.82) is 10.7 Å². The zero-order chi connectivity index (χ0) is 12.1. The van der Waals surface area contributed by atoms with Crippen LogP contribution in [-0.2, 0) is 0 Å². The van der Waals surface area contributed by atoms with Crippen molar-refractivity contribution >= 4 is 11.7 Å². The van der Waals surface area contributed by atoms with Crippen molar-refractivity contribution in [3.05, 3.63) is 18.4 Å². The zero-order valence-corrected chi connectivity index (χ0v) is 9.85. The van der Waals surface area contributed by atoms with Gasteiger partial charge in [-0.15, -0.1) is 0 Å². The fourth-order valence-electron chi connectivity index (χ4n) is 2.37. The molecule has 0 radical (unpaired) electrons. The van der Waals surface area contributed by atoms with Gasteiger partial charge in [0.2, 0.25) is 5.88 Å². The molecule has 17 heavy (non-hydrogen) atoms. The summed E-state index contributed by atoms with van der Waals surface area (Å²) < 4.78 is 5.41. The number of hydrogen-bond donors (Lipinski definition) is 1. The number of anilines is 1. The summed E-state index contributed by atoms with van der Waals surface area (Å²) in [5.41, 5.74) is 0. The molecule has 1 unspecified atom stereocenters. The van der Waals surface area contributed by atoms with Crippen LogP contribution in [0.15, 0.2) is 22.8 Å². The van der Waals surface area contributed by atoms with E-state index >= 15 is 0 Å². The SMILES string of the molecule is N#CCCC1CCCCC(=N)N1c1ccco1. The summed E-state index contributed by atoms with van der Waals surface area (Å²) in [4.78, 5) is 1.96. The molecule has 4 nitrogen and oxygen atoms in total. The Morgan fingerprint density at radius 3 is 3.12 bits per heavy atom. The molecule has 1 atom stereocenters. The van der Waals surface area contributed by atoms with Crippen LogP contribution in [0, 0.1) is 16.7 Å². The summed E-state index contributed by atoms with van der Waals surface area (Å²) in [6, 6.07) is 6.15. The van der Waals surface area contributed by atoms with Crippen LogP contribution < -0.4 is 4.90 Å². The Morgan fingerprint density at radius 2 is 2.41 bits per heavy atom. The molecule has 1 N–H and O–H groups in total. The second-order valence-corrected chi connectivity index (χ2v) is 4.36. The molecule has 0 aliphatic carbocycles. The molecule has 1 aliphatic rings. The smallest absolute Gasteiger partial charge is 0.200 e. The van der Waals surface area contributed by atoms with Gasteiger partial charge < -0.3 is 4.42 Å². The van der Waals surface area contributed by atoms with Gasteiger partial charge in [0.15, 0.2) is 0 Å². The largest absolute Gasteiger partial charge is 0.448 e. The Bertz CT molecular complexity index is 405. The highest BCUT2D eigenvalue weighted by atomic mass is 16.3. The average molecular weight is 231 g/mol. The van der Waals surface area contributed by atoms with Crippen LogP contribution in [0.2, 0.25) is 0 Å². The van der Waals surface area contributed by atoms with Crippen LogP contribution in [0.3, 0.4) is 0 Å². The highest BCUT2D eigenvalue weighted by molar-refractivity contribution is 5.95. The number of amidine groups is 1. The maximum Gasteiger partial charge on any atom is 0.200 e. The lowest BCUT2D eigenvalue weighted by atomic mass is 10.1. The van der Waals surface area contributed by atoms with Crippen LogP contribution in [0.5, 0.6) is 0 Å². The van der Waals surface area contributed by atoms with Crippen molar-refractivity contribution in [1.82, 2.24) is 0 Å². The van der Waals surface area contributed by atoms with Crippen LogP contribution >= 0.6 is 0 Å². The molecule has 1 fully saturated rings. The predicted octanol–water partition coefficient (Wildman–Crippen LogP) is 3.31. The van der Waals surface area contributed by atoms with E-state index in [-0.39, 0.29) is 6.04 Å². The van der Waals surface area contributed by atoms with Crippen molar-refractivity contribution in [2.75, 3.05) is 4.90 Å². The normalized spacial score (nSPS) is 21.0. The summed E-state index contributed by atoms with van der Waals surface area (Å²) in [6.07, 6.45) is 6.98. The van der Waals surface area contributed by atoms with E-state index in [0.717, 1.165) is 38.0 Å². The first-order chi connectivity index (χ1) is 8.33. The van der Waals surface area contributed by atoms with Gasteiger partial charge in [0.1, 0.15) is 5.84 Å². The number of rotatable bonds is 3. The van der Waals surface area contributed by atoms with Gasteiger partial charge in [0, 0.05) is 24.9 Å². The lowest BCUT2D eigenvalue weighted by Gasteiger charge is -2.29. The summed E-state index contributed by atoms with van der Waals surface area (Å²) in [6.45, 7) is 0. The third-order valence-corrected chi connectivity index (χ3v) is 3.19. The quantitative estimate of drug-likeness (QED) is 0.867. The first kappa shape index (κ1) is 11.7. The van der Waals surface area contributed by atoms with E-state index in [1.54, 1.807) is 6.26 Å². The van der Waals surface area contributed by atoms with E-state index in [2.05, 4.69) is 6.07 Å². The van der Waals surface area contributed by atoms with E-state index in [9.17, 15) is 0 Å². The summed E-state index contributed by atoms with van der Waals surface area (Å²) >= 11 is 0. The first-order valence-electron chi connectivity index (χ1n) is 6.10. The Morgan fingerprint density at radius 1 is 1.53 bits per heavy atom. The minimum absolute atomic E-state index is 0.232. The molecule has 0 amide bonds. The molecule has 1 aliphatic heterocycles. The van der Waals surface area contributed by atoms with E-state index in [1.807, 2.05) is 17.0 Å². The molecule has 0 spiro atoms. The lowest BCUT2D eigenvalue weighted by Crippen LogP contribution is -2.38. The van der Waals surface area contributed by atoms with Crippen molar-refractivity contribution < 1.29 is 4.42 Å². The van der Waals surface area contributed by atoms with E-state index in [1.165, 1.54) is 0 Å². The number of furan rings is 1. The molecule has 0 bridgehead atoms. The van der Waals surface area contributed by atoms with Gasteiger partial charge in [-0.2, -0.15) is 5.26 Å². The van der Waals surface area contributed by atoms with Gasteiger partial charge in [-0.05, 0) is 25.3 Å². The van der Waals surface area contributed by atoms with E-state index in [4.69, 9.17) is 15.1 Å². The molecule has 2 heterocycles. The van der Waals surface area contributed by atoms with Crippen LogP contribution in [0.4, 0.5) is 5.88 Å². The maximum atomic E-state index is 8.70. The number of nitrogens with zero attached hydrogens (tertiary/aromatic N) is 2. The highest BCUT2D eigenvalue weighted by Crippen LogP contribution is 2.27. The van der Waals surface area contributed by atoms with Crippen molar-refractivity contribution in [2.24, 2.45) is 0 Å². The lowest BCUT2D eigenvalue weighted by molar-refractivity contribution is 0.505. The molecule has 1 aromatic rings. The molecule has 0 aromatic carbocycles. The predicted molar refractivity (Wildman–Crippen MR) is 66.0 cm³/mol. The van der Waals surface area contributed by atoms with Crippen molar-refractivity contribution in [3.63, 3.8) is 0 Å². The topological polar surface area (TPSA) is 64.0 Å². The van der Waals surface area contributed by atoms with Crippen LogP contribution in [0.25, 0.3) is 0 Å². The van der Waals surface area contributed by atoms with Gasteiger partial charge in [0.25, 0.3) is 0 Å². The fourth-order valence-corrected chi connectivity index (χ4v) is 2.37. The molecule has 1 aromatic heterocycles. The summed E-state index contributed by atoms with van der Waals surface area (Å²) in [5, 5.41) is 16.8. The first-order valence-corrected chi connectivity index (χ1v) is 6.10. The van der Waals surface area contributed by atoms with E-state index in [0.29, 0.717) is 12.3 Å². The van der Waals surface area contributed by atoms with E-state index < -0.39 is 0 Å². The van der Waals surface area contributed by atoms with Crippen molar-refractivity contribution in [3.8, 4) is 6.07 Å². The summed E-state index contributed by atoms with van der Waals surface area (Å²) in [5.74, 6) is 1.35. The average Bonchev–Trinajstić information content (AvgIpc) is 2.78. The van der Waals surface area contributed by atoms with Crippen LogP contribution in [0.1, 0.15) is 38.5 Å². The Hall–Kier alpha value is -1.76. The molecular formula is C13H17N3O. The number of nitrogens with one attached hydrogen (secondary N) is 1. The molecule has 4 heteroatoms. The molecular weight excluding hydrogens is 214 g/mol. The maximum absolute atomic E-state index is 8.70. The molecule has 0 saturated carbocycles. The highest BCUT2D eigenvalue weighted by Gasteiger charge is 2.26. The van der Waals surface area contributed by atoms with Gasteiger partial charge >= 0.3 is 0 Å². The van der Waals surface area contributed by atoms with Gasteiger partial charge in [-0.1, -0.05) is 6.42 Å². The monoisotopic (exact) mass is 231 g/mol. The Balaban J connectivity index is 2.19. The second-order valence-electron chi connectivity index (χ2n) is 4.36. The third-order valence-electron chi connectivity index (χ3n) is 3.19. The second kappa shape index (κ2) is 5.53. The fraction of sp³-hybridized carbons (Fsp3) is 0.538. The van der Waals surface area contributed by atoms with Gasteiger partial charge in [-0.3, -0.25) is 10.3 Å². The Kier molecular flexibility index (Phi) is 3.81. The standard InChI is InChI=1S/C13H17N3O/c14-9-3-6-11-5-1-2-7-12(15)16(11)13-8-4-10-17-13/h4,8,10-11,15H,1-3,5-7H2. The molecule has 1 saturated heterocycles. The van der Waals surface area contributed by atoms with Gasteiger partial charge in [0.05, 0.1) is 12.3 Å². The minimum atomic E-state index is 0.232.